The minimum atomic E-state index is -0.711. The van der Waals surface area contributed by atoms with E-state index >= 15 is 0 Å². The van der Waals surface area contributed by atoms with Gasteiger partial charge in [0.15, 0.2) is 11.6 Å². The molecule has 0 aliphatic carbocycles. The van der Waals surface area contributed by atoms with E-state index in [1.54, 1.807) is 0 Å². The molecular formula is C9H7BrClFO2. The second-order valence-corrected chi connectivity index (χ2v) is 3.50. The Labute approximate surface area is 94.1 Å². The molecule has 0 radical (unpaired) electrons. The predicted molar refractivity (Wildman–Crippen MR) is 56.1 cm³/mol. The Morgan fingerprint density at radius 3 is 2.79 bits per heavy atom. The number of ether oxygens (including phenoxy) is 1. The van der Waals surface area contributed by atoms with Crippen LogP contribution in [0.3, 0.4) is 0 Å². The van der Waals surface area contributed by atoms with Gasteiger partial charge in [0.1, 0.15) is 5.75 Å². The van der Waals surface area contributed by atoms with Gasteiger partial charge in [0.05, 0.1) is 23.0 Å². The molecule has 0 fully saturated rings. The second-order valence-electron chi connectivity index (χ2n) is 2.53. The maximum Gasteiger partial charge on any atom is 0.176 e. The first-order valence-corrected chi connectivity index (χ1v) is 5.22. The zero-order valence-electron chi connectivity index (χ0n) is 7.31. The highest BCUT2D eigenvalue weighted by molar-refractivity contribution is 9.09. The van der Waals surface area contributed by atoms with Crippen LogP contribution in [-0.2, 0) is 0 Å². The zero-order chi connectivity index (χ0) is 10.7. The SMILES string of the molecule is COc1cc(Cl)c(F)c(C(=O)CBr)c1. The van der Waals surface area contributed by atoms with Crippen LogP contribution >= 0.6 is 27.5 Å². The van der Waals surface area contributed by atoms with Crippen molar-refractivity contribution < 1.29 is 13.9 Å². The molecule has 76 valence electrons. The summed E-state index contributed by atoms with van der Waals surface area (Å²) in [6, 6.07) is 2.65. The fourth-order valence-electron chi connectivity index (χ4n) is 0.957. The van der Waals surface area contributed by atoms with Gasteiger partial charge in [-0.1, -0.05) is 27.5 Å². The molecular weight excluding hydrogens is 274 g/mol. The van der Waals surface area contributed by atoms with Crippen molar-refractivity contribution in [3.63, 3.8) is 0 Å². The number of hydrogen-bond donors (Lipinski definition) is 0. The standard InChI is InChI=1S/C9H7BrClFO2/c1-14-5-2-6(8(13)4-10)9(12)7(11)3-5/h2-3H,4H2,1H3. The Bertz CT molecular complexity index is 368. The number of rotatable bonds is 3. The molecule has 0 N–H and O–H groups in total. The molecule has 0 amide bonds. The number of methoxy groups -OCH3 is 1. The number of benzene rings is 1. The highest BCUT2D eigenvalue weighted by Crippen LogP contribution is 2.25. The van der Waals surface area contributed by atoms with Crippen molar-refractivity contribution in [1.82, 2.24) is 0 Å². The fraction of sp³-hybridized carbons (Fsp3) is 0.222. The molecule has 0 bridgehead atoms. The number of ketones is 1. The first kappa shape index (κ1) is 11.5. The molecule has 14 heavy (non-hydrogen) atoms. The molecule has 0 spiro atoms. The van der Waals surface area contributed by atoms with Gasteiger partial charge in [0.2, 0.25) is 0 Å². The van der Waals surface area contributed by atoms with E-state index < -0.39 is 5.82 Å². The molecule has 5 heteroatoms. The van der Waals surface area contributed by atoms with E-state index in [2.05, 4.69) is 15.9 Å². The van der Waals surface area contributed by atoms with Crippen LogP contribution in [-0.4, -0.2) is 18.2 Å². The molecule has 0 saturated carbocycles. The first-order chi connectivity index (χ1) is 6.60. The lowest BCUT2D eigenvalue weighted by molar-refractivity contribution is 0.101. The minimum absolute atomic E-state index is 0.0490. The van der Waals surface area contributed by atoms with E-state index in [0.717, 1.165) is 0 Å². The van der Waals surface area contributed by atoms with Gasteiger partial charge < -0.3 is 4.74 Å². The van der Waals surface area contributed by atoms with Crippen LogP contribution in [0, 0.1) is 5.82 Å². The molecule has 1 rings (SSSR count). The van der Waals surface area contributed by atoms with Crippen molar-refractivity contribution in [2.75, 3.05) is 12.4 Å². The lowest BCUT2D eigenvalue weighted by atomic mass is 10.1. The first-order valence-electron chi connectivity index (χ1n) is 3.72. The summed E-state index contributed by atoms with van der Waals surface area (Å²) >= 11 is 8.53. The molecule has 0 aliphatic rings. The van der Waals surface area contributed by atoms with E-state index in [1.165, 1.54) is 19.2 Å². The van der Waals surface area contributed by atoms with Crippen LogP contribution in [0.25, 0.3) is 0 Å². The van der Waals surface area contributed by atoms with E-state index in [-0.39, 0.29) is 21.7 Å². The Morgan fingerprint density at radius 2 is 2.29 bits per heavy atom. The number of carbonyl (C=O) groups excluding carboxylic acids is 1. The number of carbonyl (C=O) groups is 1. The van der Waals surface area contributed by atoms with Crippen molar-refractivity contribution in [2.24, 2.45) is 0 Å². The topological polar surface area (TPSA) is 26.3 Å². The summed E-state index contributed by atoms with van der Waals surface area (Å²) in [7, 11) is 1.42. The molecule has 0 unspecified atom stereocenters. The number of hydrogen-bond acceptors (Lipinski definition) is 2. The molecule has 0 heterocycles. The lowest BCUT2D eigenvalue weighted by Crippen LogP contribution is -2.04. The molecule has 0 saturated heterocycles. The Balaban J connectivity index is 3.27. The van der Waals surface area contributed by atoms with E-state index in [4.69, 9.17) is 16.3 Å². The highest BCUT2D eigenvalue weighted by atomic mass is 79.9. The molecule has 0 aliphatic heterocycles. The summed E-state index contributed by atoms with van der Waals surface area (Å²) in [5.74, 6) is -0.721. The van der Waals surface area contributed by atoms with E-state index in [9.17, 15) is 9.18 Å². The van der Waals surface area contributed by atoms with Crippen molar-refractivity contribution in [2.45, 2.75) is 0 Å². The average molecular weight is 282 g/mol. The number of halogens is 3. The summed E-state index contributed by atoms with van der Waals surface area (Å²) < 4.78 is 18.2. The fourth-order valence-corrected chi connectivity index (χ4v) is 1.47. The van der Waals surface area contributed by atoms with Crippen molar-refractivity contribution in [1.29, 1.82) is 0 Å². The second kappa shape index (κ2) is 4.75. The summed E-state index contributed by atoms with van der Waals surface area (Å²) in [6.45, 7) is 0. The third kappa shape index (κ3) is 2.25. The van der Waals surface area contributed by atoms with Crippen LogP contribution in [0.5, 0.6) is 5.75 Å². The van der Waals surface area contributed by atoms with Crippen LogP contribution < -0.4 is 4.74 Å². The Morgan fingerprint density at radius 1 is 1.64 bits per heavy atom. The molecule has 0 atom stereocenters. The summed E-state index contributed by atoms with van der Waals surface area (Å²) in [5.41, 5.74) is -0.0637. The van der Waals surface area contributed by atoms with Gasteiger partial charge in [0.25, 0.3) is 0 Å². The van der Waals surface area contributed by atoms with Crippen LogP contribution in [0.2, 0.25) is 5.02 Å². The molecule has 1 aromatic carbocycles. The van der Waals surface area contributed by atoms with Crippen LogP contribution in [0.4, 0.5) is 4.39 Å². The van der Waals surface area contributed by atoms with Gasteiger partial charge in [0, 0.05) is 6.07 Å². The monoisotopic (exact) mass is 280 g/mol. The number of alkyl halides is 1. The number of Topliss-reactive ketones (excluding diaryl/α,β-unsaturated/α-hetero) is 1. The van der Waals surface area contributed by atoms with Crippen LogP contribution in [0.1, 0.15) is 10.4 Å². The quantitative estimate of drug-likeness (QED) is 0.629. The smallest absolute Gasteiger partial charge is 0.176 e. The van der Waals surface area contributed by atoms with Crippen molar-refractivity contribution in [3.05, 3.63) is 28.5 Å². The minimum Gasteiger partial charge on any atom is -0.497 e. The van der Waals surface area contributed by atoms with Crippen molar-refractivity contribution >= 4 is 33.3 Å². The molecule has 2 nitrogen and oxygen atoms in total. The van der Waals surface area contributed by atoms with Gasteiger partial charge in [-0.25, -0.2) is 4.39 Å². The average Bonchev–Trinajstić information content (AvgIpc) is 2.20. The highest BCUT2D eigenvalue weighted by Gasteiger charge is 2.15. The predicted octanol–water partition coefficient (Wildman–Crippen LogP) is 3.07. The van der Waals surface area contributed by atoms with Gasteiger partial charge in [-0.2, -0.15) is 0 Å². The Hall–Kier alpha value is -0.610. The van der Waals surface area contributed by atoms with E-state index in [1.807, 2.05) is 0 Å². The van der Waals surface area contributed by atoms with Gasteiger partial charge in [-0.05, 0) is 6.07 Å². The van der Waals surface area contributed by atoms with Crippen LogP contribution in [0.15, 0.2) is 12.1 Å². The maximum atomic E-state index is 13.3. The zero-order valence-corrected chi connectivity index (χ0v) is 9.65. The van der Waals surface area contributed by atoms with Gasteiger partial charge in [-0.3, -0.25) is 4.79 Å². The van der Waals surface area contributed by atoms with Gasteiger partial charge in [-0.15, -0.1) is 0 Å². The van der Waals surface area contributed by atoms with Gasteiger partial charge >= 0.3 is 0 Å². The Kier molecular flexibility index (Phi) is 3.89. The van der Waals surface area contributed by atoms with Crippen molar-refractivity contribution in [3.8, 4) is 5.75 Å². The normalized spacial score (nSPS) is 10.0. The molecule has 0 aromatic heterocycles. The third-order valence-corrected chi connectivity index (χ3v) is 2.44. The van der Waals surface area contributed by atoms with E-state index in [0.29, 0.717) is 5.75 Å². The third-order valence-electron chi connectivity index (χ3n) is 1.66. The maximum absolute atomic E-state index is 13.3. The summed E-state index contributed by atoms with van der Waals surface area (Å²) in [6.07, 6.45) is 0. The lowest BCUT2D eigenvalue weighted by Gasteiger charge is -2.05. The summed E-state index contributed by atoms with van der Waals surface area (Å²) in [4.78, 5) is 11.3. The summed E-state index contributed by atoms with van der Waals surface area (Å²) in [5, 5.41) is -0.0680. The largest absolute Gasteiger partial charge is 0.497 e. The molecule has 1 aromatic rings.